The third kappa shape index (κ3) is 6.17. The summed E-state index contributed by atoms with van der Waals surface area (Å²) >= 11 is 1.50. The van der Waals surface area contributed by atoms with Crippen molar-refractivity contribution in [1.82, 2.24) is 20.1 Å². The molecule has 5 nitrogen and oxygen atoms in total. The quantitative estimate of drug-likeness (QED) is 0.613. The molecule has 2 aromatic carbocycles. The standard InChI is InChI=1S/C25H28N4OS/c1-28-14-16-29(17-15-28)19-21-11-9-20(10-12-21)18-27-24(30)23-8-5-13-26-25(23)31-22-6-3-2-4-7-22/h2-13H,14-19H2,1H3,(H,27,30). The predicted octanol–water partition coefficient (Wildman–Crippen LogP) is 3.91. The number of aromatic nitrogens is 1. The van der Waals surface area contributed by atoms with Gasteiger partial charge in [-0.1, -0.05) is 54.2 Å². The van der Waals surface area contributed by atoms with E-state index in [1.54, 1.807) is 12.3 Å². The van der Waals surface area contributed by atoms with Gasteiger partial charge in [-0.05, 0) is 42.4 Å². The van der Waals surface area contributed by atoms with E-state index in [0.29, 0.717) is 17.1 Å². The van der Waals surface area contributed by atoms with E-state index in [0.717, 1.165) is 43.2 Å². The second-order valence-corrected chi connectivity index (χ2v) is 8.91. The Labute approximate surface area is 188 Å². The zero-order valence-corrected chi connectivity index (χ0v) is 18.6. The number of nitrogens with one attached hydrogen (secondary N) is 1. The first kappa shape index (κ1) is 21.6. The van der Waals surface area contributed by atoms with Crippen molar-refractivity contribution in [3.8, 4) is 0 Å². The minimum absolute atomic E-state index is 0.104. The molecule has 3 aromatic rings. The molecule has 1 aromatic heterocycles. The number of carbonyl (C=O) groups is 1. The van der Waals surface area contributed by atoms with Crippen molar-refractivity contribution in [1.29, 1.82) is 0 Å². The Kier molecular flexibility index (Phi) is 7.35. The summed E-state index contributed by atoms with van der Waals surface area (Å²) in [4.78, 5) is 23.1. The van der Waals surface area contributed by atoms with E-state index < -0.39 is 0 Å². The fourth-order valence-electron chi connectivity index (χ4n) is 3.55. The van der Waals surface area contributed by atoms with Crippen molar-refractivity contribution in [2.75, 3.05) is 33.2 Å². The lowest BCUT2D eigenvalue weighted by Gasteiger charge is -2.32. The number of nitrogens with zero attached hydrogens (tertiary/aromatic N) is 3. The van der Waals surface area contributed by atoms with Crippen molar-refractivity contribution in [2.45, 2.75) is 23.0 Å². The first-order chi connectivity index (χ1) is 15.2. The van der Waals surface area contributed by atoms with Crippen LogP contribution in [0.5, 0.6) is 0 Å². The molecular formula is C25H28N4OS. The smallest absolute Gasteiger partial charge is 0.254 e. The molecule has 1 N–H and O–H groups in total. The second-order valence-electron chi connectivity index (χ2n) is 7.85. The van der Waals surface area contributed by atoms with Gasteiger partial charge in [-0.2, -0.15) is 0 Å². The maximum absolute atomic E-state index is 12.8. The maximum Gasteiger partial charge on any atom is 0.254 e. The molecule has 4 rings (SSSR count). The Hall–Kier alpha value is -2.67. The number of amides is 1. The van der Waals surface area contributed by atoms with Crippen LogP contribution in [0.25, 0.3) is 0 Å². The summed E-state index contributed by atoms with van der Waals surface area (Å²) in [7, 11) is 2.18. The summed E-state index contributed by atoms with van der Waals surface area (Å²) in [5.74, 6) is -0.104. The van der Waals surface area contributed by atoms with Gasteiger partial charge in [-0.15, -0.1) is 0 Å². The average Bonchev–Trinajstić information content (AvgIpc) is 2.81. The third-order valence-corrected chi connectivity index (χ3v) is 6.48. The van der Waals surface area contributed by atoms with Crippen molar-refractivity contribution >= 4 is 17.7 Å². The highest BCUT2D eigenvalue weighted by Crippen LogP contribution is 2.28. The van der Waals surface area contributed by atoms with E-state index in [4.69, 9.17) is 0 Å². The molecule has 0 saturated carbocycles. The fourth-order valence-corrected chi connectivity index (χ4v) is 4.45. The lowest BCUT2D eigenvalue weighted by molar-refractivity contribution is 0.0947. The molecule has 0 radical (unpaired) electrons. The summed E-state index contributed by atoms with van der Waals surface area (Å²) in [6.07, 6.45) is 1.72. The monoisotopic (exact) mass is 432 g/mol. The van der Waals surface area contributed by atoms with Gasteiger partial charge >= 0.3 is 0 Å². The Morgan fingerprint density at radius 3 is 2.39 bits per heavy atom. The summed E-state index contributed by atoms with van der Waals surface area (Å²) in [5, 5.41) is 3.76. The van der Waals surface area contributed by atoms with Crippen LogP contribution < -0.4 is 5.32 Å². The van der Waals surface area contributed by atoms with E-state index in [1.165, 1.54) is 17.3 Å². The number of piperazine rings is 1. The van der Waals surface area contributed by atoms with E-state index in [1.807, 2.05) is 36.4 Å². The zero-order valence-electron chi connectivity index (χ0n) is 17.8. The molecule has 6 heteroatoms. The van der Waals surface area contributed by atoms with E-state index in [-0.39, 0.29) is 5.91 Å². The van der Waals surface area contributed by atoms with Gasteiger partial charge in [-0.3, -0.25) is 9.69 Å². The van der Waals surface area contributed by atoms with Crippen LogP contribution in [0.3, 0.4) is 0 Å². The Bertz CT molecular complexity index is 986. The van der Waals surface area contributed by atoms with Crippen LogP contribution in [0, 0.1) is 0 Å². The highest BCUT2D eigenvalue weighted by atomic mass is 32.2. The summed E-state index contributed by atoms with van der Waals surface area (Å²) < 4.78 is 0. The zero-order chi connectivity index (χ0) is 21.5. The number of benzene rings is 2. The largest absolute Gasteiger partial charge is 0.348 e. The van der Waals surface area contributed by atoms with E-state index in [2.05, 4.69) is 51.4 Å². The van der Waals surface area contributed by atoms with Gasteiger partial charge in [-0.25, -0.2) is 4.98 Å². The van der Waals surface area contributed by atoms with Gasteiger partial charge in [0.1, 0.15) is 5.03 Å². The molecule has 1 fully saturated rings. The van der Waals surface area contributed by atoms with Gasteiger partial charge < -0.3 is 10.2 Å². The van der Waals surface area contributed by atoms with Crippen LogP contribution in [0.1, 0.15) is 21.5 Å². The molecule has 31 heavy (non-hydrogen) atoms. The van der Waals surface area contributed by atoms with Crippen molar-refractivity contribution in [2.24, 2.45) is 0 Å². The number of hydrogen-bond donors (Lipinski definition) is 1. The molecule has 0 unspecified atom stereocenters. The number of pyridine rings is 1. The van der Waals surface area contributed by atoms with Crippen LogP contribution in [-0.4, -0.2) is 53.9 Å². The number of hydrogen-bond acceptors (Lipinski definition) is 5. The lowest BCUT2D eigenvalue weighted by Crippen LogP contribution is -2.43. The Morgan fingerprint density at radius 2 is 1.65 bits per heavy atom. The highest BCUT2D eigenvalue weighted by Gasteiger charge is 2.15. The molecule has 160 valence electrons. The summed E-state index contributed by atoms with van der Waals surface area (Å²) in [6.45, 7) is 5.96. The van der Waals surface area contributed by atoms with Gasteiger partial charge in [0.15, 0.2) is 0 Å². The van der Waals surface area contributed by atoms with Crippen LogP contribution in [0.15, 0.2) is 82.8 Å². The Balaban J connectivity index is 1.33. The summed E-state index contributed by atoms with van der Waals surface area (Å²) in [6, 6.07) is 22.2. The van der Waals surface area contributed by atoms with E-state index in [9.17, 15) is 4.79 Å². The summed E-state index contributed by atoms with van der Waals surface area (Å²) in [5.41, 5.74) is 3.01. The fraction of sp³-hybridized carbons (Fsp3) is 0.280. The molecule has 0 spiro atoms. The van der Waals surface area contributed by atoms with Crippen LogP contribution in [-0.2, 0) is 13.1 Å². The van der Waals surface area contributed by atoms with Crippen molar-refractivity contribution in [3.05, 3.63) is 89.6 Å². The van der Waals surface area contributed by atoms with Crippen LogP contribution in [0.4, 0.5) is 0 Å². The average molecular weight is 433 g/mol. The highest BCUT2D eigenvalue weighted by molar-refractivity contribution is 7.99. The minimum Gasteiger partial charge on any atom is -0.348 e. The molecule has 0 bridgehead atoms. The molecule has 1 aliphatic heterocycles. The first-order valence-electron chi connectivity index (χ1n) is 10.6. The maximum atomic E-state index is 12.8. The number of carbonyl (C=O) groups excluding carboxylic acids is 1. The normalized spacial score (nSPS) is 15.0. The van der Waals surface area contributed by atoms with Crippen molar-refractivity contribution < 1.29 is 4.79 Å². The van der Waals surface area contributed by atoms with Crippen molar-refractivity contribution in [3.63, 3.8) is 0 Å². The van der Waals surface area contributed by atoms with Gasteiger partial charge in [0.05, 0.1) is 5.56 Å². The topological polar surface area (TPSA) is 48.5 Å². The minimum atomic E-state index is -0.104. The van der Waals surface area contributed by atoms with E-state index >= 15 is 0 Å². The predicted molar refractivity (Wildman–Crippen MR) is 125 cm³/mol. The lowest BCUT2D eigenvalue weighted by atomic mass is 10.1. The molecular weight excluding hydrogens is 404 g/mol. The SMILES string of the molecule is CN1CCN(Cc2ccc(CNC(=O)c3cccnc3Sc3ccccc3)cc2)CC1. The first-order valence-corrected chi connectivity index (χ1v) is 11.4. The van der Waals surface area contributed by atoms with Crippen LogP contribution >= 0.6 is 11.8 Å². The third-order valence-electron chi connectivity index (χ3n) is 5.45. The molecule has 0 aliphatic carbocycles. The second kappa shape index (κ2) is 10.6. The molecule has 0 atom stereocenters. The molecule has 1 saturated heterocycles. The number of rotatable bonds is 7. The Morgan fingerprint density at radius 1 is 0.935 bits per heavy atom. The van der Waals surface area contributed by atoms with Gasteiger partial charge in [0, 0.05) is 50.4 Å². The van der Waals surface area contributed by atoms with Gasteiger partial charge in [0.2, 0.25) is 0 Å². The number of likely N-dealkylation sites (N-methyl/N-ethyl adjacent to an activating group) is 1. The molecule has 1 aliphatic rings. The molecule has 1 amide bonds. The van der Waals surface area contributed by atoms with Gasteiger partial charge in [0.25, 0.3) is 5.91 Å². The van der Waals surface area contributed by atoms with Crippen LogP contribution in [0.2, 0.25) is 0 Å². The molecule has 2 heterocycles.